The molecule has 3 aliphatic rings. The molecule has 0 bridgehead atoms. The molecule has 0 aromatic carbocycles. The Morgan fingerprint density at radius 3 is 2.90 bits per heavy atom. The Morgan fingerprint density at radius 2 is 2.25 bits per heavy atom. The standard InChI is InChI=1S/C15H26N2O2S/c18-15(9-12-3-1-6-16-12)17(13-5-8-20-11-13)10-14-4-2-7-19-14/h12-14,16H,1-11H2. The van der Waals surface area contributed by atoms with Crippen LogP contribution in [0.1, 0.15) is 38.5 Å². The summed E-state index contributed by atoms with van der Waals surface area (Å²) in [7, 11) is 0. The van der Waals surface area contributed by atoms with E-state index < -0.39 is 0 Å². The van der Waals surface area contributed by atoms with Crippen molar-refractivity contribution in [1.29, 1.82) is 0 Å². The zero-order valence-electron chi connectivity index (χ0n) is 12.2. The van der Waals surface area contributed by atoms with Crippen molar-refractivity contribution in [2.45, 2.75) is 56.7 Å². The van der Waals surface area contributed by atoms with E-state index in [1.807, 2.05) is 11.8 Å². The van der Waals surface area contributed by atoms with Crippen LogP contribution >= 0.6 is 11.8 Å². The SMILES string of the molecule is O=C(CC1CCCN1)N(CC1CCCO1)C1CCSC1. The lowest BCUT2D eigenvalue weighted by Crippen LogP contribution is -2.46. The van der Waals surface area contributed by atoms with Gasteiger partial charge in [-0.05, 0) is 44.4 Å². The van der Waals surface area contributed by atoms with E-state index >= 15 is 0 Å². The highest BCUT2D eigenvalue weighted by Crippen LogP contribution is 2.25. The maximum Gasteiger partial charge on any atom is 0.224 e. The van der Waals surface area contributed by atoms with Crippen LogP contribution in [0.25, 0.3) is 0 Å². The molecular weight excluding hydrogens is 272 g/mol. The summed E-state index contributed by atoms with van der Waals surface area (Å²) in [6.45, 7) is 2.76. The number of carbonyl (C=O) groups excluding carboxylic acids is 1. The van der Waals surface area contributed by atoms with Crippen molar-refractivity contribution in [3.63, 3.8) is 0 Å². The molecule has 0 radical (unpaired) electrons. The predicted octanol–water partition coefficient (Wildman–Crippen LogP) is 1.64. The van der Waals surface area contributed by atoms with Crippen LogP contribution in [0.4, 0.5) is 0 Å². The molecule has 1 amide bonds. The second kappa shape index (κ2) is 7.14. The first kappa shape index (κ1) is 14.7. The minimum atomic E-state index is 0.279. The van der Waals surface area contributed by atoms with Crippen LogP contribution in [0.15, 0.2) is 0 Å². The van der Waals surface area contributed by atoms with Crippen molar-refractivity contribution in [1.82, 2.24) is 10.2 Å². The van der Waals surface area contributed by atoms with Gasteiger partial charge >= 0.3 is 0 Å². The van der Waals surface area contributed by atoms with Crippen LogP contribution in [0, 0.1) is 0 Å². The third kappa shape index (κ3) is 3.68. The molecule has 3 fully saturated rings. The molecule has 0 aromatic heterocycles. The molecule has 0 aliphatic carbocycles. The van der Waals surface area contributed by atoms with Gasteiger partial charge in [0.2, 0.25) is 5.91 Å². The van der Waals surface area contributed by atoms with Crippen LogP contribution in [0.3, 0.4) is 0 Å². The highest BCUT2D eigenvalue weighted by atomic mass is 32.2. The van der Waals surface area contributed by atoms with Gasteiger partial charge in [0.1, 0.15) is 0 Å². The van der Waals surface area contributed by atoms with Crippen LogP contribution in [0.5, 0.6) is 0 Å². The quantitative estimate of drug-likeness (QED) is 0.838. The van der Waals surface area contributed by atoms with E-state index in [1.54, 1.807) is 0 Å². The number of ether oxygens (including phenoxy) is 1. The van der Waals surface area contributed by atoms with E-state index in [4.69, 9.17) is 4.74 Å². The zero-order chi connectivity index (χ0) is 13.8. The zero-order valence-corrected chi connectivity index (χ0v) is 13.0. The third-order valence-electron chi connectivity index (χ3n) is 4.67. The molecule has 0 spiro atoms. The fraction of sp³-hybridized carbons (Fsp3) is 0.933. The second-order valence-corrected chi connectivity index (χ2v) is 7.35. The Bertz CT molecular complexity index is 322. The smallest absolute Gasteiger partial charge is 0.224 e. The molecule has 3 saturated heterocycles. The van der Waals surface area contributed by atoms with Gasteiger partial charge in [-0.2, -0.15) is 11.8 Å². The van der Waals surface area contributed by atoms with Gasteiger partial charge in [0.15, 0.2) is 0 Å². The molecule has 114 valence electrons. The maximum atomic E-state index is 12.7. The van der Waals surface area contributed by atoms with Gasteiger partial charge in [0.05, 0.1) is 6.10 Å². The molecule has 1 N–H and O–H groups in total. The summed E-state index contributed by atoms with van der Waals surface area (Å²) in [5, 5.41) is 3.44. The van der Waals surface area contributed by atoms with Crippen LogP contribution in [-0.4, -0.2) is 60.2 Å². The van der Waals surface area contributed by atoms with E-state index in [0.717, 1.165) is 51.1 Å². The topological polar surface area (TPSA) is 41.6 Å². The van der Waals surface area contributed by atoms with Gasteiger partial charge in [-0.1, -0.05) is 0 Å². The highest BCUT2D eigenvalue weighted by Gasteiger charge is 2.31. The third-order valence-corrected chi connectivity index (χ3v) is 5.82. The number of amides is 1. The van der Waals surface area contributed by atoms with Crippen molar-refractivity contribution in [2.24, 2.45) is 0 Å². The molecule has 0 aromatic rings. The molecule has 20 heavy (non-hydrogen) atoms. The second-order valence-electron chi connectivity index (χ2n) is 6.20. The summed E-state index contributed by atoms with van der Waals surface area (Å²) in [5.74, 6) is 2.64. The minimum absolute atomic E-state index is 0.279. The summed E-state index contributed by atoms with van der Waals surface area (Å²) in [6.07, 6.45) is 6.74. The van der Waals surface area contributed by atoms with E-state index in [9.17, 15) is 4.79 Å². The molecule has 3 aliphatic heterocycles. The monoisotopic (exact) mass is 298 g/mol. The van der Waals surface area contributed by atoms with Gasteiger partial charge in [-0.3, -0.25) is 4.79 Å². The molecular formula is C15H26N2O2S. The highest BCUT2D eigenvalue weighted by molar-refractivity contribution is 7.99. The number of rotatable bonds is 5. The Balaban J connectivity index is 1.58. The van der Waals surface area contributed by atoms with Crippen molar-refractivity contribution in [2.75, 3.05) is 31.2 Å². The molecule has 3 rings (SSSR count). The normalized spacial score (nSPS) is 33.7. The summed E-state index contributed by atoms with van der Waals surface area (Å²) in [6, 6.07) is 0.849. The van der Waals surface area contributed by atoms with Crippen LogP contribution in [-0.2, 0) is 9.53 Å². The first-order valence-electron chi connectivity index (χ1n) is 8.05. The molecule has 0 saturated carbocycles. The number of nitrogens with zero attached hydrogens (tertiary/aromatic N) is 1. The Hall–Kier alpha value is -0.260. The summed E-state index contributed by atoms with van der Waals surface area (Å²) >= 11 is 1.98. The van der Waals surface area contributed by atoms with E-state index in [2.05, 4.69) is 10.2 Å². The number of thioether (sulfide) groups is 1. The largest absolute Gasteiger partial charge is 0.376 e. The van der Waals surface area contributed by atoms with E-state index in [1.165, 1.54) is 12.2 Å². The lowest BCUT2D eigenvalue weighted by Gasteiger charge is -2.31. The van der Waals surface area contributed by atoms with Crippen LogP contribution in [0.2, 0.25) is 0 Å². The first-order valence-corrected chi connectivity index (χ1v) is 9.20. The molecule has 4 nitrogen and oxygen atoms in total. The fourth-order valence-electron chi connectivity index (χ4n) is 3.49. The van der Waals surface area contributed by atoms with Crippen molar-refractivity contribution in [3.8, 4) is 0 Å². The summed E-state index contributed by atoms with van der Waals surface area (Å²) < 4.78 is 5.75. The Kier molecular flexibility index (Phi) is 5.24. The van der Waals surface area contributed by atoms with Crippen molar-refractivity contribution in [3.05, 3.63) is 0 Å². The lowest BCUT2D eigenvalue weighted by atomic mass is 10.1. The molecule has 3 unspecified atom stereocenters. The number of hydrogen-bond acceptors (Lipinski definition) is 4. The average molecular weight is 298 g/mol. The van der Waals surface area contributed by atoms with Gasteiger partial charge < -0.3 is 15.0 Å². The Labute approximate surface area is 126 Å². The first-order chi connectivity index (χ1) is 9.83. The van der Waals surface area contributed by atoms with E-state index in [0.29, 0.717) is 24.4 Å². The van der Waals surface area contributed by atoms with Gasteiger partial charge in [-0.25, -0.2) is 0 Å². The fourth-order valence-corrected chi connectivity index (χ4v) is 4.71. The number of carbonyl (C=O) groups is 1. The number of hydrogen-bond donors (Lipinski definition) is 1. The van der Waals surface area contributed by atoms with Crippen molar-refractivity contribution >= 4 is 17.7 Å². The van der Waals surface area contributed by atoms with Gasteiger partial charge in [0.25, 0.3) is 0 Å². The van der Waals surface area contributed by atoms with Gasteiger partial charge in [-0.15, -0.1) is 0 Å². The molecule has 5 heteroatoms. The molecule has 3 atom stereocenters. The maximum absolute atomic E-state index is 12.7. The van der Waals surface area contributed by atoms with Crippen LogP contribution < -0.4 is 5.32 Å². The lowest BCUT2D eigenvalue weighted by molar-refractivity contribution is -0.135. The van der Waals surface area contributed by atoms with E-state index in [-0.39, 0.29) is 6.10 Å². The van der Waals surface area contributed by atoms with Gasteiger partial charge in [0, 0.05) is 37.4 Å². The average Bonchev–Trinajstić information content (AvgIpc) is 3.19. The predicted molar refractivity (Wildman–Crippen MR) is 82.1 cm³/mol. The Morgan fingerprint density at radius 1 is 1.30 bits per heavy atom. The van der Waals surface area contributed by atoms with Crippen molar-refractivity contribution < 1.29 is 9.53 Å². The minimum Gasteiger partial charge on any atom is -0.376 e. The molecule has 3 heterocycles. The summed E-state index contributed by atoms with van der Waals surface area (Å²) in [4.78, 5) is 14.8. The summed E-state index contributed by atoms with van der Waals surface area (Å²) in [5.41, 5.74) is 0. The number of nitrogens with one attached hydrogen (secondary N) is 1.